The maximum Gasteiger partial charge on any atom is 0.221 e. The predicted molar refractivity (Wildman–Crippen MR) is 122 cm³/mol. The number of rotatable bonds is 7. The molecule has 0 bridgehead atoms. The van der Waals surface area contributed by atoms with Gasteiger partial charge in [0.05, 0.1) is 34.3 Å². The Balaban J connectivity index is 1.48. The van der Waals surface area contributed by atoms with Crippen LogP contribution in [0.1, 0.15) is 37.1 Å². The van der Waals surface area contributed by atoms with E-state index in [1.165, 1.54) is 0 Å². The molecule has 1 unspecified atom stereocenters. The van der Waals surface area contributed by atoms with Gasteiger partial charge in [-0.15, -0.1) is 5.10 Å². The van der Waals surface area contributed by atoms with Gasteiger partial charge in [-0.05, 0) is 69.2 Å². The number of hydrogen-bond acceptors (Lipinski definition) is 8. The Morgan fingerprint density at radius 3 is 2.76 bits per heavy atom. The van der Waals surface area contributed by atoms with E-state index in [1.54, 1.807) is 19.3 Å². The summed E-state index contributed by atoms with van der Waals surface area (Å²) in [5, 5.41) is 31.0. The Labute approximate surface area is 190 Å². The molecule has 0 spiro atoms. The Bertz CT molecular complexity index is 1350. The maximum absolute atomic E-state index is 10.2. The third-order valence-corrected chi connectivity index (χ3v) is 5.77. The van der Waals surface area contributed by atoms with Crippen LogP contribution in [0.5, 0.6) is 5.88 Å². The number of imidazole rings is 1. The van der Waals surface area contributed by atoms with Gasteiger partial charge in [-0.25, -0.2) is 4.98 Å². The zero-order valence-corrected chi connectivity index (χ0v) is 18.4. The number of aliphatic hydroxyl groups is 1. The normalized spacial score (nSPS) is 15.1. The zero-order valence-electron chi connectivity index (χ0n) is 18.4. The summed E-state index contributed by atoms with van der Waals surface area (Å²) in [6.07, 6.45) is 2.59. The van der Waals surface area contributed by atoms with Crippen LogP contribution in [0.15, 0.2) is 48.8 Å². The number of nitrogens with zero attached hydrogens (tertiary/aromatic N) is 6. The largest absolute Gasteiger partial charge is 0.476 e. The predicted octanol–water partition coefficient (Wildman–Crippen LogP) is 4.00. The van der Waals surface area contributed by atoms with Gasteiger partial charge in [-0.2, -0.15) is 15.3 Å². The first-order valence-corrected chi connectivity index (χ1v) is 10.7. The first kappa shape index (κ1) is 20.8. The van der Waals surface area contributed by atoms with E-state index in [4.69, 9.17) is 4.74 Å². The molecule has 0 amide bonds. The molecular weight excluding hydrogens is 418 g/mol. The van der Waals surface area contributed by atoms with Crippen molar-refractivity contribution in [1.82, 2.24) is 24.7 Å². The van der Waals surface area contributed by atoms with E-state index < -0.39 is 11.5 Å². The van der Waals surface area contributed by atoms with Gasteiger partial charge in [0, 0.05) is 11.3 Å². The minimum Gasteiger partial charge on any atom is -0.476 e. The van der Waals surface area contributed by atoms with Gasteiger partial charge in [-0.3, -0.25) is 4.57 Å². The topological polar surface area (TPSA) is 122 Å². The third-order valence-electron chi connectivity index (χ3n) is 5.77. The van der Waals surface area contributed by atoms with Crippen molar-refractivity contribution in [1.29, 1.82) is 5.26 Å². The summed E-state index contributed by atoms with van der Waals surface area (Å²) in [6, 6.07) is 15.5. The number of benzene rings is 1. The zero-order chi connectivity index (χ0) is 23.0. The summed E-state index contributed by atoms with van der Waals surface area (Å²) in [6.45, 7) is 3.81. The molecule has 0 saturated heterocycles. The van der Waals surface area contributed by atoms with Crippen LogP contribution in [0.2, 0.25) is 0 Å². The number of hydrogen-bond donors (Lipinski definition) is 2. The lowest BCUT2D eigenvalue weighted by molar-refractivity contribution is 0.185. The van der Waals surface area contributed by atoms with Gasteiger partial charge in [0.1, 0.15) is 18.8 Å². The van der Waals surface area contributed by atoms with E-state index in [1.807, 2.05) is 47.9 Å². The standard InChI is InChI=1S/C24H23N7O2/c1-15-3-7-21(30-29-15)27-17-4-6-19-20(11-17)31(14-26-19)22-8-5-18(16(2)32)23(28-22)33-13-24(12-25)9-10-24/h3-8,11,14,16,32H,9-10,13H2,1-2H3,(H,27,30). The molecule has 0 aliphatic heterocycles. The summed E-state index contributed by atoms with van der Waals surface area (Å²) in [4.78, 5) is 9.15. The fourth-order valence-corrected chi connectivity index (χ4v) is 3.54. The van der Waals surface area contributed by atoms with E-state index >= 15 is 0 Å². The Morgan fingerprint density at radius 2 is 2.06 bits per heavy atom. The molecule has 166 valence electrons. The average molecular weight is 441 g/mol. The van der Waals surface area contributed by atoms with Crippen LogP contribution in [0.4, 0.5) is 11.5 Å². The number of aliphatic hydroxyl groups excluding tert-OH is 1. The van der Waals surface area contributed by atoms with Crippen molar-refractivity contribution >= 4 is 22.5 Å². The molecule has 33 heavy (non-hydrogen) atoms. The van der Waals surface area contributed by atoms with Crippen molar-refractivity contribution in [3.8, 4) is 17.8 Å². The molecule has 1 saturated carbocycles. The van der Waals surface area contributed by atoms with Gasteiger partial charge in [-0.1, -0.05) is 0 Å². The second-order valence-electron chi connectivity index (χ2n) is 8.42. The third kappa shape index (κ3) is 4.21. The SMILES string of the molecule is Cc1ccc(Nc2ccc3ncn(-c4ccc(C(C)O)c(OCC5(C#N)CC5)n4)c3c2)nn1. The molecule has 9 nitrogen and oxygen atoms in total. The van der Waals surface area contributed by atoms with Gasteiger partial charge in [0.25, 0.3) is 0 Å². The number of aryl methyl sites for hydroxylation is 1. The Hall–Kier alpha value is -4.03. The molecule has 3 aromatic heterocycles. The number of nitrogens with one attached hydrogen (secondary N) is 1. The monoisotopic (exact) mass is 441 g/mol. The van der Waals surface area contributed by atoms with Crippen LogP contribution >= 0.6 is 0 Å². The molecule has 1 aliphatic carbocycles. The Morgan fingerprint density at radius 1 is 1.21 bits per heavy atom. The minimum absolute atomic E-state index is 0.260. The second kappa shape index (κ2) is 8.15. The van der Waals surface area contributed by atoms with E-state index in [-0.39, 0.29) is 6.61 Å². The first-order valence-electron chi connectivity index (χ1n) is 10.7. The highest BCUT2D eigenvalue weighted by Gasteiger charge is 2.44. The summed E-state index contributed by atoms with van der Waals surface area (Å²) < 4.78 is 7.78. The van der Waals surface area contributed by atoms with Crippen molar-refractivity contribution in [2.75, 3.05) is 11.9 Å². The lowest BCUT2D eigenvalue weighted by Crippen LogP contribution is -2.14. The molecule has 1 aromatic carbocycles. The second-order valence-corrected chi connectivity index (χ2v) is 8.42. The molecule has 0 radical (unpaired) electrons. The molecule has 9 heteroatoms. The van der Waals surface area contributed by atoms with Crippen molar-refractivity contribution in [2.24, 2.45) is 5.41 Å². The van der Waals surface area contributed by atoms with Crippen LogP contribution in [0.3, 0.4) is 0 Å². The lowest BCUT2D eigenvalue weighted by Gasteiger charge is -2.16. The fourth-order valence-electron chi connectivity index (χ4n) is 3.54. The highest BCUT2D eigenvalue weighted by molar-refractivity contribution is 5.82. The molecule has 1 atom stereocenters. The number of fused-ring (bicyclic) bond motifs is 1. The molecule has 1 fully saturated rings. The molecule has 3 heterocycles. The van der Waals surface area contributed by atoms with Crippen LogP contribution in [0, 0.1) is 23.7 Å². The molecule has 5 rings (SSSR count). The summed E-state index contributed by atoms with van der Waals surface area (Å²) in [5.41, 5.74) is 3.48. The van der Waals surface area contributed by atoms with Crippen molar-refractivity contribution in [2.45, 2.75) is 32.8 Å². The summed E-state index contributed by atoms with van der Waals surface area (Å²) >= 11 is 0. The molecular formula is C24H23N7O2. The highest BCUT2D eigenvalue weighted by atomic mass is 16.5. The maximum atomic E-state index is 10.2. The summed E-state index contributed by atoms with van der Waals surface area (Å²) in [7, 11) is 0. The molecule has 2 N–H and O–H groups in total. The molecule has 4 aromatic rings. The molecule has 1 aliphatic rings. The Kier molecular flexibility index (Phi) is 5.15. The quantitative estimate of drug-likeness (QED) is 0.441. The number of anilines is 2. The van der Waals surface area contributed by atoms with Gasteiger partial charge in [0.2, 0.25) is 5.88 Å². The highest BCUT2D eigenvalue weighted by Crippen LogP contribution is 2.45. The minimum atomic E-state index is -0.746. The van der Waals surface area contributed by atoms with E-state index in [0.29, 0.717) is 23.1 Å². The number of aromatic nitrogens is 5. The number of ether oxygens (including phenoxy) is 1. The first-order chi connectivity index (χ1) is 16.0. The van der Waals surface area contributed by atoms with E-state index in [9.17, 15) is 10.4 Å². The van der Waals surface area contributed by atoms with Gasteiger partial charge >= 0.3 is 0 Å². The van der Waals surface area contributed by atoms with E-state index in [2.05, 4.69) is 31.6 Å². The van der Waals surface area contributed by atoms with Crippen molar-refractivity contribution in [3.63, 3.8) is 0 Å². The van der Waals surface area contributed by atoms with Crippen LogP contribution in [-0.2, 0) is 0 Å². The van der Waals surface area contributed by atoms with Gasteiger partial charge < -0.3 is 15.2 Å². The van der Waals surface area contributed by atoms with Gasteiger partial charge in [0.15, 0.2) is 5.82 Å². The average Bonchev–Trinajstić information content (AvgIpc) is 3.49. The van der Waals surface area contributed by atoms with Crippen molar-refractivity contribution in [3.05, 3.63) is 60.0 Å². The van der Waals surface area contributed by atoms with Crippen LogP contribution in [-0.4, -0.2) is 36.4 Å². The fraction of sp³-hybridized carbons (Fsp3) is 0.292. The summed E-state index contributed by atoms with van der Waals surface area (Å²) in [5.74, 6) is 1.58. The lowest BCUT2D eigenvalue weighted by atomic mass is 10.1. The van der Waals surface area contributed by atoms with Crippen molar-refractivity contribution < 1.29 is 9.84 Å². The number of pyridine rings is 1. The van der Waals surface area contributed by atoms with Crippen LogP contribution < -0.4 is 10.1 Å². The smallest absolute Gasteiger partial charge is 0.221 e. The number of nitriles is 1. The van der Waals surface area contributed by atoms with Crippen LogP contribution in [0.25, 0.3) is 16.9 Å². The van der Waals surface area contributed by atoms with E-state index in [0.717, 1.165) is 35.3 Å².